The molecule has 0 amide bonds. The highest BCUT2D eigenvalue weighted by Gasteiger charge is 2.34. The quantitative estimate of drug-likeness (QED) is 0.929. The van der Waals surface area contributed by atoms with Crippen LogP contribution in [0.15, 0.2) is 24.3 Å². The Hall–Kier alpha value is -1.68. The molecule has 1 aliphatic carbocycles. The lowest BCUT2D eigenvalue weighted by Gasteiger charge is -2.17. The van der Waals surface area contributed by atoms with E-state index in [0.29, 0.717) is 6.04 Å². The lowest BCUT2D eigenvalue weighted by Crippen LogP contribution is -2.28. The summed E-state index contributed by atoms with van der Waals surface area (Å²) in [7, 11) is 0. The minimum atomic E-state index is 0.510. The number of benzene rings is 1. The number of anilines is 1. The summed E-state index contributed by atoms with van der Waals surface area (Å²) in [6.07, 6.45) is 3.99. The fourth-order valence-electron chi connectivity index (χ4n) is 3.21. The molecule has 0 radical (unpaired) electrons. The summed E-state index contributed by atoms with van der Waals surface area (Å²) in [6, 6.07) is 9.76. The monoisotopic (exact) mass is 268 g/mol. The van der Waals surface area contributed by atoms with Gasteiger partial charge in [-0.3, -0.25) is 4.90 Å². The van der Waals surface area contributed by atoms with Crippen LogP contribution in [-0.2, 0) is 0 Å². The smallest absolute Gasteiger partial charge is 0.156 e. The second kappa shape index (κ2) is 4.70. The molecule has 4 rings (SSSR count). The Morgan fingerprint density at radius 1 is 1.10 bits per heavy atom. The molecule has 104 valence electrons. The highest BCUT2D eigenvalue weighted by atomic mass is 15.3. The number of nitrogens with one attached hydrogen (secondary N) is 1. The third-order valence-corrected chi connectivity index (χ3v) is 4.50. The van der Waals surface area contributed by atoms with E-state index in [1.807, 2.05) is 6.92 Å². The molecular weight excluding hydrogens is 248 g/mol. The van der Waals surface area contributed by atoms with Gasteiger partial charge in [-0.15, -0.1) is 5.10 Å². The van der Waals surface area contributed by atoms with Crippen molar-refractivity contribution in [1.82, 2.24) is 15.1 Å². The maximum Gasteiger partial charge on any atom is 0.156 e. The predicted molar refractivity (Wildman–Crippen MR) is 80.9 cm³/mol. The molecule has 1 atom stereocenters. The standard InChI is InChI=1S/C16H20N4/c1-11-14-4-2-3-5-15(14)16(19-18-11)17-12-8-9-20(10-12)13-6-7-13/h2-5,12-13H,6-10H2,1H3,(H,17,19). The molecular formula is C16H20N4. The van der Waals surface area contributed by atoms with Crippen LogP contribution < -0.4 is 5.32 Å². The Morgan fingerprint density at radius 2 is 1.90 bits per heavy atom. The van der Waals surface area contributed by atoms with Crippen molar-refractivity contribution in [3.63, 3.8) is 0 Å². The topological polar surface area (TPSA) is 41.1 Å². The zero-order valence-corrected chi connectivity index (χ0v) is 11.8. The van der Waals surface area contributed by atoms with Gasteiger partial charge in [-0.25, -0.2) is 0 Å². The summed E-state index contributed by atoms with van der Waals surface area (Å²) in [5, 5.41) is 14.7. The van der Waals surface area contributed by atoms with Crippen molar-refractivity contribution >= 4 is 16.6 Å². The van der Waals surface area contributed by atoms with Gasteiger partial charge in [0, 0.05) is 35.9 Å². The largest absolute Gasteiger partial charge is 0.364 e. The van der Waals surface area contributed by atoms with Crippen LogP contribution in [0, 0.1) is 6.92 Å². The van der Waals surface area contributed by atoms with Crippen LogP contribution in [-0.4, -0.2) is 40.3 Å². The lowest BCUT2D eigenvalue weighted by atomic mass is 10.1. The fourth-order valence-corrected chi connectivity index (χ4v) is 3.21. The highest BCUT2D eigenvalue weighted by molar-refractivity contribution is 5.92. The molecule has 20 heavy (non-hydrogen) atoms. The van der Waals surface area contributed by atoms with Crippen molar-refractivity contribution in [3.05, 3.63) is 30.0 Å². The van der Waals surface area contributed by atoms with E-state index in [2.05, 4.69) is 44.7 Å². The highest BCUT2D eigenvalue weighted by Crippen LogP contribution is 2.31. The summed E-state index contributed by atoms with van der Waals surface area (Å²) in [5.41, 5.74) is 0.997. The first kappa shape index (κ1) is 12.1. The van der Waals surface area contributed by atoms with Crippen molar-refractivity contribution in [2.24, 2.45) is 0 Å². The number of nitrogens with zero attached hydrogens (tertiary/aromatic N) is 3. The molecule has 1 aromatic carbocycles. The number of hydrogen-bond donors (Lipinski definition) is 1. The third-order valence-electron chi connectivity index (χ3n) is 4.50. The van der Waals surface area contributed by atoms with E-state index in [1.165, 1.54) is 36.6 Å². The van der Waals surface area contributed by atoms with Gasteiger partial charge in [0.05, 0.1) is 5.69 Å². The summed E-state index contributed by atoms with van der Waals surface area (Å²) >= 11 is 0. The van der Waals surface area contributed by atoms with E-state index in [-0.39, 0.29) is 0 Å². The molecule has 0 bridgehead atoms. The van der Waals surface area contributed by atoms with E-state index in [1.54, 1.807) is 0 Å². The molecule has 2 aliphatic rings. The lowest BCUT2D eigenvalue weighted by molar-refractivity contribution is 0.326. The van der Waals surface area contributed by atoms with Gasteiger partial charge in [0.1, 0.15) is 0 Å². The molecule has 1 unspecified atom stereocenters. The summed E-state index contributed by atoms with van der Waals surface area (Å²) < 4.78 is 0. The SMILES string of the molecule is Cc1nnc(NC2CCN(C3CC3)C2)c2ccccc12. The first-order valence-electron chi connectivity index (χ1n) is 7.54. The van der Waals surface area contributed by atoms with Gasteiger partial charge >= 0.3 is 0 Å². The number of likely N-dealkylation sites (tertiary alicyclic amines) is 1. The van der Waals surface area contributed by atoms with Gasteiger partial charge in [-0.05, 0) is 26.2 Å². The molecule has 2 fully saturated rings. The normalized spacial score (nSPS) is 23.4. The second-order valence-corrected chi connectivity index (χ2v) is 6.04. The Kier molecular flexibility index (Phi) is 2.84. The third kappa shape index (κ3) is 2.14. The van der Waals surface area contributed by atoms with Crippen molar-refractivity contribution in [3.8, 4) is 0 Å². The average molecular weight is 268 g/mol. The molecule has 4 nitrogen and oxygen atoms in total. The minimum absolute atomic E-state index is 0.510. The van der Waals surface area contributed by atoms with Crippen molar-refractivity contribution < 1.29 is 0 Å². The van der Waals surface area contributed by atoms with Crippen LogP contribution >= 0.6 is 0 Å². The molecule has 1 saturated heterocycles. The average Bonchev–Trinajstić information content (AvgIpc) is 3.23. The van der Waals surface area contributed by atoms with Crippen LogP contribution in [0.4, 0.5) is 5.82 Å². The summed E-state index contributed by atoms with van der Waals surface area (Å²) in [6.45, 7) is 4.39. The van der Waals surface area contributed by atoms with E-state index in [0.717, 1.165) is 24.1 Å². The van der Waals surface area contributed by atoms with Gasteiger partial charge in [0.2, 0.25) is 0 Å². The first-order valence-corrected chi connectivity index (χ1v) is 7.54. The maximum absolute atomic E-state index is 4.38. The van der Waals surface area contributed by atoms with Crippen LogP contribution in [0.2, 0.25) is 0 Å². The number of hydrogen-bond acceptors (Lipinski definition) is 4. The van der Waals surface area contributed by atoms with Crippen LogP contribution in [0.25, 0.3) is 10.8 Å². The Morgan fingerprint density at radius 3 is 2.70 bits per heavy atom. The molecule has 1 aromatic heterocycles. The zero-order valence-electron chi connectivity index (χ0n) is 11.8. The molecule has 1 N–H and O–H groups in total. The first-order chi connectivity index (χ1) is 9.81. The molecule has 4 heteroatoms. The number of aryl methyl sites for hydroxylation is 1. The van der Waals surface area contributed by atoms with Gasteiger partial charge in [0.25, 0.3) is 0 Å². The maximum atomic E-state index is 4.38. The van der Waals surface area contributed by atoms with Crippen molar-refractivity contribution in [2.75, 3.05) is 18.4 Å². The second-order valence-electron chi connectivity index (χ2n) is 6.04. The van der Waals surface area contributed by atoms with Crippen molar-refractivity contribution in [2.45, 2.75) is 38.3 Å². The van der Waals surface area contributed by atoms with E-state index in [4.69, 9.17) is 0 Å². The molecule has 2 aromatic rings. The zero-order chi connectivity index (χ0) is 13.5. The van der Waals surface area contributed by atoms with Gasteiger partial charge < -0.3 is 5.32 Å². The van der Waals surface area contributed by atoms with Gasteiger partial charge in [-0.2, -0.15) is 5.10 Å². The molecule has 1 saturated carbocycles. The fraction of sp³-hybridized carbons (Fsp3) is 0.500. The Labute approximate surface area is 119 Å². The van der Waals surface area contributed by atoms with E-state index < -0.39 is 0 Å². The van der Waals surface area contributed by atoms with Gasteiger partial charge in [0.15, 0.2) is 5.82 Å². The molecule has 0 spiro atoms. The predicted octanol–water partition coefficient (Wildman–Crippen LogP) is 2.59. The minimum Gasteiger partial charge on any atom is -0.364 e. The van der Waals surface area contributed by atoms with Crippen LogP contribution in [0.5, 0.6) is 0 Å². The van der Waals surface area contributed by atoms with Gasteiger partial charge in [-0.1, -0.05) is 24.3 Å². The number of aromatic nitrogens is 2. The summed E-state index contributed by atoms with van der Waals surface area (Å²) in [5.74, 6) is 0.939. The molecule has 1 aliphatic heterocycles. The number of rotatable bonds is 3. The Bertz CT molecular complexity index is 635. The molecule has 2 heterocycles. The van der Waals surface area contributed by atoms with Crippen LogP contribution in [0.1, 0.15) is 25.0 Å². The van der Waals surface area contributed by atoms with E-state index >= 15 is 0 Å². The van der Waals surface area contributed by atoms with E-state index in [9.17, 15) is 0 Å². The van der Waals surface area contributed by atoms with Crippen LogP contribution in [0.3, 0.4) is 0 Å². The summed E-state index contributed by atoms with van der Waals surface area (Å²) in [4.78, 5) is 2.61. The number of fused-ring (bicyclic) bond motifs is 1. The van der Waals surface area contributed by atoms with Crippen molar-refractivity contribution in [1.29, 1.82) is 0 Å². The Balaban J connectivity index is 1.58.